The van der Waals surface area contributed by atoms with Crippen molar-refractivity contribution in [2.24, 2.45) is 0 Å². The van der Waals surface area contributed by atoms with Crippen LogP contribution >= 0.6 is 0 Å². The Bertz CT molecular complexity index is 432. The van der Waals surface area contributed by atoms with E-state index in [1.54, 1.807) is 0 Å². The maximum absolute atomic E-state index is 10.6. The standard InChI is InChI=1S/C16H23NO2/c1-16(13-6-4-3-5-7-13)10-8-14(12-16)17(2)11-9-15(18)19/h3-7,14H,8-12H2,1-2H3,(H,18,19). The second-order valence-corrected chi connectivity index (χ2v) is 5.95. The number of hydrogen-bond acceptors (Lipinski definition) is 2. The molecule has 2 atom stereocenters. The van der Waals surface area contributed by atoms with Gasteiger partial charge >= 0.3 is 5.97 Å². The lowest BCUT2D eigenvalue weighted by Gasteiger charge is -2.28. The number of carboxylic acid groups (broad SMARTS) is 1. The van der Waals surface area contributed by atoms with E-state index in [-0.39, 0.29) is 11.8 Å². The van der Waals surface area contributed by atoms with Gasteiger partial charge in [0.15, 0.2) is 0 Å². The smallest absolute Gasteiger partial charge is 0.304 e. The summed E-state index contributed by atoms with van der Waals surface area (Å²) in [5, 5.41) is 8.76. The van der Waals surface area contributed by atoms with Crippen LogP contribution in [0.2, 0.25) is 0 Å². The summed E-state index contributed by atoms with van der Waals surface area (Å²) >= 11 is 0. The first-order valence-corrected chi connectivity index (χ1v) is 6.99. The Morgan fingerprint density at radius 3 is 2.74 bits per heavy atom. The molecule has 0 amide bonds. The first-order valence-electron chi connectivity index (χ1n) is 6.99. The Labute approximate surface area is 115 Å². The van der Waals surface area contributed by atoms with Crippen LogP contribution in [0.25, 0.3) is 0 Å². The second-order valence-electron chi connectivity index (χ2n) is 5.95. The van der Waals surface area contributed by atoms with Gasteiger partial charge in [-0.25, -0.2) is 0 Å². The number of hydrogen-bond donors (Lipinski definition) is 1. The first kappa shape index (κ1) is 14.1. The summed E-state index contributed by atoms with van der Waals surface area (Å²) in [4.78, 5) is 12.9. The minimum Gasteiger partial charge on any atom is -0.481 e. The molecular formula is C16H23NO2. The van der Waals surface area contributed by atoms with Crippen LogP contribution in [-0.4, -0.2) is 35.6 Å². The normalized spacial score (nSPS) is 26.8. The quantitative estimate of drug-likeness (QED) is 0.886. The molecule has 1 saturated carbocycles. The monoisotopic (exact) mass is 261 g/mol. The molecule has 2 unspecified atom stereocenters. The lowest BCUT2D eigenvalue weighted by Crippen LogP contribution is -2.33. The van der Waals surface area contributed by atoms with Crippen molar-refractivity contribution in [1.29, 1.82) is 0 Å². The van der Waals surface area contributed by atoms with Crippen molar-refractivity contribution in [2.45, 2.75) is 44.1 Å². The zero-order valence-electron chi connectivity index (χ0n) is 11.8. The van der Waals surface area contributed by atoms with E-state index < -0.39 is 5.97 Å². The van der Waals surface area contributed by atoms with Crippen molar-refractivity contribution in [3.05, 3.63) is 35.9 Å². The lowest BCUT2D eigenvalue weighted by molar-refractivity contribution is -0.137. The Hall–Kier alpha value is -1.35. The Balaban J connectivity index is 1.97. The van der Waals surface area contributed by atoms with Gasteiger partial charge in [-0.2, -0.15) is 0 Å². The highest BCUT2D eigenvalue weighted by Crippen LogP contribution is 2.42. The SMILES string of the molecule is CN(CCC(=O)O)C1CCC(C)(c2ccccc2)C1. The lowest BCUT2D eigenvalue weighted by atomic mass is 9.81. The molecule has 3 heteroatoms. The summed E-state index contributed by atoms with van der Waals surface area (Å²) in [6.07, 6.45) is 3.68. The fourth-order valence-corrected chi connectivity index (χ4v) is 3.14. The van der Waals surface area contributed by atoms with E-state index in [0.29, 0.717) is 12.6 Å². The third kappa shape index (κ3) is 3.35. The van der Waals surface area contributed by atoms with Crippen LogP contribution in [0.3, 0.4) is 0 Å². The summed E-state index contributed by atoms with van der Waals surface area (Å²) in [6.45, 7) is 2.97. The van der Waals surface area contributed by atoms with Crippen molar-refractivity contribution in [1.82, 2.24) is 4.90 Å². The minimum atomic E-state index is -0.712. The van der Waals surface area contributed by atoms with Crippen molar-refractivity contribution in [2.75, 3.05) is 13.6 Å². The number of carbonyl (C=O) groups is 1. The predicted octanol–water partition coefficient (Wildman–Crippen LogP) is 2.90. The number of aliphatic carboxylic acids is 1. The highest BCUT2D eigenvalue weighted by Gasteiger charge is 2.37. The van der Waals surface area contributed by atoms with E-state index in [9.17, 15) is 4.79 Å². The van der Waals surface area contributed by atoms with Crippen LogP contribution in [0, 0.1) is 0 Å². The maximum atomic E-state index is 10.6. The highest BCUT2D eigenvalue weighted by molar-refractivity contribution is 5.66. The topological polar surface area (TPSA) is 40.5 Å². The van der Waals surface area contributed by atoms with Gasteiger partial charge in [0.1, 0.15) is 0 Å². The van der Waals surface area contributed by atoms with Crippen LogP contribution in [0.4, 0.5) is 0 Å². The zero-order chi connectivity index (χ0) is 13.9. The molecule has 1 aromatic rings. The number of carboxylic acids is 1. The van der Waals surface area contributed by atoms with Gasteiger partial charge in [0.05, 0.1) is 6.42 Å². The van der Waals surface area contributed by atoms with Crippen molar-refractivity contribution < 1.29 is 9.90 Å². The molecule has 19 heavy (non-hydrogen) atoms. The van der Waals surface area contributed by atoms with Gasteiger partial charge in [0, 0.05) is 12.6 Å². The Morgan fingerprint density at radius 1 is 1.42 bits per heavy atom. The Kier molecular flexibility index (Phi) is 4.25. The molecule has 104 valence electrons. The number of rotatable bonds is 5. The van der Waals surface area contributed by atoms with Crippen LogP contribution in [0.5, 0.6) is 0 Å². The van der Waals surface area contributed by atoms with Crippen molar-refractivity contribution in [3.8, 4) is 0 Å². The molecule has 1 N–H and O–H groups in total. The molecule has 0 aliphatic heterocycles. The summed E-state index contributed by atoms with van der Waals surface area (Å²) in [6, 6.07) is 11.2. The van der Waals surface area contributed by atoms with E-state index in [0.717, 1.165) is 12.8 Å². The minimum absolute atomic E-state index is 0.231. The van der Waals surface area contributed by atoms with Gasteiger partial charge in [0.25, 0.3) is 0 Å². The van der Waals surface area contributed by atoms with Gasteiger partial charge in [0.2, 0.25) is 0 Å². The molecule has 1 aliphatic rings. The van der Waals surface area contributed by atoms with Gasteiger partial charge in [-0.1, -0.05) is 37.3 Å². The molecule has 1 aliphatic carbocycles. The molecule has 2 rings (SSSR count). The van der Waals surface area contributed by atoms with Crippen molar-refractivity contribution in [3.63, 3.8) is 0 Å². The molecule has 1 aromatic carbocycles. The summed E-state index contributed by atoms with van der Waals surface area (Å²) in [5.41, 5.74) is 1.65. The number of nitrogens with zero attached hydrogens (tertiary/aromatic N) is 1. The fraction of sp³-hybridized carbons (Fsp3) is 0.562. The third-order valence-corrected chi connectivity index (χ3v) is 4.49. The third-order valence-electron chi connectivity index (χ3n) is 4.49. The molecule has 1 fully saturated rings. The first-order chi connectivity index (χ1) is 9.01. The van der Waals surface area contributed by atoms with Crippen LogP contribution in [0.15, 0.2) is 30.3 Å². The van der Waals surface area contributed by atoms with E-state index in [1.165, 1.54) is 12.0 Å². The Morgan fingerprint density at radius 2 is 2.11 bits per heavy atom. The van der Waals surface area contributed by atoms with E-state index in [4.69, 9.17) is 5.11 Å². The van der Waals surface area contributed by atoms with Crippen LogP contribution in [0.1, 0.15) is 38.2 Å². The summed E-state index contributed by atoms with van der Waals surface area (Å²) in [5.74, 6) is -0.712. The van der Waals surface area contributed by atoms with Gasteiger partial charge in [-0.15, -0.1) is 0 Å². The highest BCUT2D eigenvalue weighted by atomic mass is 16.4. The molecule has 0 heterocycles. The summed E-state index contributed by atoms with van der Waals surface area (Å²) < 4.78 is 0. The summed E-state index contributed by atoms with van der Waals surface area (Å²) in [7, 11) is 2.05. The largest absolute Gasteiger partial charge is 0.481 e. The molecule has 0 bridgehead atoms. The maximum Gasteiger partial charge on any atom is 0.304 e. The number of benzene rings is 1. The molecule has 3 nitrogen and oxygen atoms in total. The molecule has 0 aromatic heterocycles. The van der Waals surface area contributed by atoms with Gasteiger partial charge in [-0.05, 0) is 37.3 Å². The average Bonchev–Trinajstić information content (AvgIpc) is 2.81. The molecule has 0 spiro atoms. The van der Waals surface area contributed by atoms with Crippen molar-refractivity contribution >= 4 is 5.97 Å². The van der Waals surface area contributed by atoms with Gasteiger partial charge < -0.3 is 10.0 Å². The van der Waals surface area contributed by atoms with E-state index >= 15 is 0 Å². The average molecular weight is 261 g/mol. The van der Waals surface area contributed by atoms with Crippen LogP contribution < -0.4 is 0 Å². The zero-order valence-corrected chi connectivity index (χ0v) is 11.8. The van der Waals surface area contributed by atoms with Gasteiger partial charge in [-0.3, -0.25) is 4.79 Å². The fourth-order valence-electron chi connectivity index (χ4n) is 3.14. The van der Waals surface area contributed by atoms with Crippen LogP contribution in [-0.2, 0) is 10.2 Å². The van der Waals surface area contributed by atoms with E-state index in [2.05, 4.69) is 42.2 Å². The van der Waals surface area contributed by atoms with E-state index in [1.807, 2.05) is 7.05 Å². The molecular weight excluding hydrogens is 238 g/mol. The predicted molar refractivity (Wildman–Crippen MR) is 76.3 cm³/mol. The second kappa shape index (κ2) is 5.74. The molecule has 0 radical (unpaired) electrons. The molecule has 0 saturated heterocycles.